The van der Waals surface area contributed by atoms with Crippen LogP contribution in [0.3, 0.4) is 0 Å². The molecule has 0 unspecified atom stereocenters. The average Bonchev–Trinajstić information content (AvgIpc) is 2.41. The van der Waals surface area contributed by atoms with Gasteiger partial charge in [0.05, 0.1) is 15.5 Å². The first-order valence-electron chi connectivity index (χ1n) is 6.22. The number of nitrogens with two attached hydrogens (primary N) is 1. The van der Waals surface area contributed by atoms with Crippen LogP contribution >= 0.6 is 28.6 Å². The van der Waals surface area contributed by atoms with Crippen LogP contribution in [0.2, 0.25) is 5.02 Å². The molecule has 1 heterocycles. The zero-order valence-corrected chi connectivity index (χ0v) is 15.4. The molecule has 0 saturated heterocycles. The molecule has 9 heteroatoms. The largest absolute Gasteiger partial charge is 0.365 e. The lowest BCUT2D eigenvalue weighted by molar-refractivity contribution is 0.0997. The van der Waals surface area contributed by atoms with Crippen LogP contribution in [0.5, 0.6) is 0 Å². The Hall–Kier alpha value is -1.64. The highest BCUT2D eigenvalue weighted by Crippen LogP contribution is 2.12. The van der Waals surface area contributed by atoms with E-state index in [1.54, 1.807) is 12.1 Å². The van der Waals surface area contributed by atoms with Crippen molar-refractivity contribution in [1.82, 2.24) is 4.57 Å². The number of nitrogens with zero attached hydrogens (tertiary/aromatic N) is 1. The van der Waals surface area contributed by atoms with Crippen LogP contribution in [0, 0.1) is 5.41 Å². The second-order valence-electron chi connectivity index (χ2n) is 4.83. The van der Waals surface area contributed by atoms with Crippen LogP contribution in [0.15, 0.2) is 41.4 Å². The molecule has 0 aliphatic carbocycles. The van der Waals surface area contributed by atoms with E-state index in [0.717, 1.165) is 11.8 Å². The molecule has 0 aliphatic rings. The van der Waals surface area contributed by atoms with E-state index >= 15 is 0 Å². The summed E-state index contributed by atoms with van der Waals surface area (Å²) in [4.78, 5) is 11.5. The van der Waals surface area contributed by atoms with Gasteiger partial charge in [-0.1, -0.05) is 23.7 Å². The molecular weight excluding hydrogens is 406 g/mol. The predicted octanol–water partition coefficient (Wildman–Crippen LogP) is 1.75. The average molecular weight is 421 g/mol. The summed E-state index contributed by atoms with van der Waals surface area (Å²) in [6.07, 6.45) is 2.65. The SMILES string of the molecule is Br.CS(=O)(=O)c1ccc(Cn2cc(Cl)cc(C(N)=O)c2=N)cc1. The van der Waals surface area contributed by atoms with Gasteiger partial charge in [0.15, 0.2) is 9.84 Å². The highest BCUT2D eigenvalue weighted by atomic mass is 79.9. The van der Waals surface area contributed by atoms with Gasteiger partial charge in [-0.25, -0.2) is 8.42 Å². The summed E-state index contributed by atoms with van der Waals surface area (Å²) in [6.45, 7) is 0.268. The Morgan fingerprint density at radius 3 is 2.35 bits per heavy atom. The number of aromatic nitrogens is 1. The molecule has 0 radical (unpaired) electrons. The third-order valence-corrected chi connectivity index (χ3v) is 4.41. The Kier molecular flexibility index (Phi) is 6.15. The number of rotatable bonds is 4. The maximum absolute atomic E-state index is 11.4. The molecule has 0 bridgehead atoms. The van der Waals surface area contributed by atoms with E-state index in [2.05, 4.69) is 0 Å². The number of primary amides is 1. The number of sulfone groups is 1. The maximum atomic E-state index is 11.4. The second kappa shape index (κ2) is 7.29. The number of hydrogen-bond acceptors (Lipinski definition) is 4. The number of carbonyl (C=O) groups excluding carboxylic acids is 1. The summed E-state index contributed by atoms with van der Waals surface area (Å²) < 4.78 is 24.3. The zero-order valence-electron chi connectivity index (χ0n) is 12.1. The molecule has 0 atom stereocenters. The third-order valence-electron chi connectivity index (χ3n) is 3.07. The van der Waals surface area contributed by atoms with Crippen molar-refractivity contribution in [2.45, 2.75) is 11.4 Å². The fourth-order valence-corrected chi connectivity index (χ4v) is 2.82. The highest BCUT2D eigenvalue weighted by Gasteiger charge is 2.10. The molecule has 2 aromatic rings. The summed E-state index contributed by atoms with van der Waals surface area (Å²) in [7, 11) is -3.25. The molecule has 3 N–H and O–H groups in total. The second-order valence-corrected chi connectivity index (χ2v) is 7.28. The van der Waals surface area contributed by atoms with E-state index in [1.165, 1.54) is 29.0 Å². The van der Waals surface area contributed by atoms with Crippen LogP contribution in [-0.2, 0) is 16.4 Å². The lowest BCUT2D eigenvalue weighted by atomic mass is 10.2. The van der Waals surface area contributed by atoms with Gasteiger partial charge in [0.25, 0.3) is 5.91 Å². The number of pyridine rings is 1. The molecule has 6 nitrogen and oxygen atoms in total. The van der Waals surface area contributed by atoms with E-state index in [-0.39, 0.29) is 44.5 Å². The fraction of sp³-hybridized carbons (Fsp3) is 0.143. The normalized spacial score (nSPS) is 10.9. The van der Waals surface area contributed by atoms with E-state index < -0.39 is 15.7 Å². The molecule has 0 fully saturated rings. The molecule has 1 amide bonds. The van der Waals surface area contributed by atoms with Crippen molar-refractivity contribution in [3.8, 4) is 0 Å². The number of carbonyl (C=O) groups is 1. The van der Waals surface area contributed by atoms with Crippen LogP contribution in [-0.4, -0.2) is 25.1 Å². The van der Waals surface area contributed by atoms with Gasteiger partial charge in [-0.05, 0) is 23.8 Å². The predicted molar refractivity (Wildman–Crippen MR) is 92.8 cm³/mol. The maximum Gasteiger partial charge on any atom is 0.252 e. The lowest BCUT2D eigenvalue weighted by Gasteiger charge is -2.10. The first-order chi connectivity index (χ1) is 10.2. The molecule has 124 valence electrons. The van der Waals surface area contributed by atoms with E-state index in [9.17, 15) is 13.2 Å². The summed E-state index contributed by atoms with van der Waals surface area (Å²) in [6, 6.07) is 7.62. The number of halogens is 2. The van der Waals surface area contributed by atoms with Crippen molar-refractivity contribution >= 4 is 44.3 Å². The van der Waals surface area contributed by atoms with Gasteiger partial charge >= 0.3 is 0 Å². The van der Waals surface area contributed by atoms with Crippen LogP contribution < -0.4 is 11.2 Å². The molecule has 1 aromatic heterocycles. The molecular formula is C14H15BrClN3O3S. The smallest absolute Gasteiger partial charge is 0.252 e. The standard InChI is InChI=1S/C14H14ClN3O3S.BrH/c1-22(20,21)11-4-2-9(3-5-11)7-18-8-10(15)6-12(13(18)16)14(17)19;/h2-6,8,16H,7H2,1H3,(H2,17,19);1H. The Labute approximate surface area is 149 Å². The van der Waals surface area contributed by atoms with Gasteiger partial charge < -0.3 is 10.3 Å². The van der Waals surface area contributed by atoms with E-state index in [4.69, 9.17) is 22.7 Å². The molecule has 0 saturated carbocycles. The van der Waals surface area contributed by atoms with Gasteiger partial charge in [0.2, 0.25) is 0 Å². The minimum atomic E-state index is -3.25. The van der Waals surface area contributed by atoms with Gasteiger partial charge in [-0.2, -0.15) is 0 Å². The van der Waals surface area contributed by atoms with Crippen molar-refractivity contribution in [2.24, 2.45) is 5.73 Å². The summed E-state index contributed by atoms with van der Waals surface area (Å²) >= 11 is 5.93. The topological polar surface area (TPSA) is 106 Å². The summed E-state index contributed by atoms with van der Waals surface area (Å²) in [5.74, 6) is -0.728. The van der Waals surface area contributed by atoms with Crippen molar-refractivity contribution in [3.05, 3.63) is 58.2 Å². The van der Waals surface area contributed by atoms with Crippen LogP contribution in [0.4, 0.5) is 0 Å². The minimum absolute atomic E-state index is 0. The third kappa shape index (κ3) is 4.66. The Balaban J connectivity index is 0.00000264. The van der Waals surface area contributed by atoms with Crippen LogP contribution in [0.1, 0.15) is 15.9 Å². The summed E-state index contributed by atoms with van der Waals surface area (Å²) in [5.41, 5.74) is 5.96. The number of nitrogens with one attached hydrogen (secondary N) is 1. The monoisotopic (exact) mass is 419 g/mol. The van der Waals surface area contributed by atoms with Gasteiger partial charge in [0, 0.05) is 19.0 Å². The van der Waals surface area contributed by atoms with E-state index in [0.29, 0.717) is 0 Å². The molecule has 1 aromatic carbocycles. The zero-order chi connectivity index (χ0) is 16.5. The number of benzene rings is 1. The molecule has 23 heavy (non-hydrogen) atoms. The van der Waals surface area contributed by atoms with Crippen molar-refractivity contribution in [2.75, 3.05) is 6.26 Å². The Morgan fingerprint density at radius 2 is 1.87 bits per heavy atom. The van der Waals surface area contributed by atoms with Gasteiger partial charge in [0.1, 0.15) is 5.49 Å². The Morgan fingerprint density at radius 1 is 1.30 bits per heavy atom. The van der Waals surface area contributed by atoms with Crippen LogP contribution in [0.25, 0.3) is 0 Å². The number of hydrogen-bond donors (Lipinski definition) is 2. The minimum Gasteiger partial charge on any atom is -0.365 e. The van der Waals surface area contributed by atoms with E-state index in [1.807, 2.05) is 0 Å². The highest BCUT2D eigenvalue weighted by molar-refractivity contribution is 8.93. The Bertz CT molecular complexity index is 892. The van der Waals surface area contributed by atoms with Crippen molar-refractivity contribution in [1.29, 1.82) is 5.41 Å². The first kappa shape index (κ1) is 19.4. The van der Waals surface area contributed by atoms with Gasteiger partial charge in [-0.3, -0.25) is 10.2 Å². The van der Waals surface area contributed by atoms with Gasteiger partial charge in [-0.15, -0.1) is 17.0 Å². The molecule has 0 aliphatic heterocycles. The fourth-order valence-electron chi connectivity index (χ4n) is 1.96. The lowest BCUT2D eigenvalue weighted by Crippen LogP contribution is -2.29. The molecule has 2 rings (SSSR count). The first-order valence-corrected chi connectivity index (χ1v) is 8.49. The van der Waals surface area contributed by atoms with Crippen molar-refractivity contribution in [3.63, 3.8) is 0 Å². The number of amides is 1. The summed E-state index contributed by atoms with van der Waals surface area (Å²) in [5, 5.41) is 8.26. The van der Waals surface area contributed by atoms with Crippen molar-refractivity contribution < 1.29 is 13.2 Å². The quantitative estimate of drug-likeness (QED) is 0.787. The molecule has 0 spiro atoms.